The first-order chi connectivity index (χ1) is 17.1. The number of nitrogens with zero attached hydrogens (tertiary/aromatic N) is 2. The molecular weight excluding hydrogens is 474 g/mol. The molecule has 0 fully saturated rings. The molecule has 4 rings (SSSR count). The van der Waals surface area contributed by atoms with Crippen LogP contribution in [0.25, 0.3) is 22.5 Å². The van der Waals surface area contributed by atoms with E-state index in [0.29, 0.717) is 10.7 Å². The third kappa shape index (κ3) is 5.95. The standard InChI is InChI=1S/C28H27N3O4S/c1-28(2,3)24-13-12-23(36-24)26(33)31-22(27(34)35)14-17-4-6-19(7-5-17)25-29-15-20(16-30-25)18-8-10-21(32)11-9-18/h4-13,15-16,22,32H,14H2,1-3H3,(H,31,33)(H,34,35)/t22-/m0/s1. The summed E-state index contributed by atoms with van der Waals surface area (Å²) in [6.07, 6.45) is 3.59. The van der Waals surface area contributed by atoms with Crippen LogP contribution in [0.15, 0.2) is 73.1 Å². The van der Waals surface area contributed by atoms with Crippen molar-refractivity contribution in [2.75, 3.05) is 0 Å². The first kappa shape index (κ1) is 25.1. The first-order valence-corrected chi connectivity index (χ1v) is 12.3. The molecule has 0 unspecified atom stereocenters. The van der Waals surface area contributed by atoms with Crippen LogP contribution in [-0.2, 0) is 16.6 Å². The van der Waals surface area contributed by atoms with Gasteiger partial charge in [0, 0.05) is 34.8 Å². The number of phenolic OH excluding ortho intramolecular Hbond substituents is 1. The highest BCUT2D eigenvalue weighted by Crippen LogP contribution is 2.29. The molecule has 0 spiro atoms. The number of carbonyl (C=O) groups is 2. The number of hydrogen-bond acceptors (Lipinski definition) is 6. The molecule has 4 aromatic rings. The molecule has 3 N–H and O–H groups in total. The van der Waals surface area contributed by atoms with Crippen LogP contribution in [0.4, 0.5) is 0 Å². The van der Waals surface area contributed by atoms with Crippen LogP contribution in [0, 0.1) is 0 Å². The molecule has 8 heteroatoms. The highest BCUT2D eigenvalue weighted by atomic mass is 32.1. The number of nitrogens with one attached hydrogen (secondary N) is 1. The minimum Gasteiger partial charge on any atom is -0.508 e. The Balaban J connectivity index is 1.42. The van der Waals surface area contributed by atoms with E-state index in [9.17, 15) is 19.8 Å². The molecule has 2 heterocycles. The second-order valence-corrected chi connectivity index (χ2v) is 10.6. The molecule has 2 aromatic heterocycles. The number of carboxylic acids is 1. The molecule has 0 saturated carbocycles. The molecule has 184 valence electrons. The number of aliphatic carboxylic acids is 1. The van der Waals surface area contributed by atoms with Crippen molar-refractivity contribution in [2.24, 2.45) is 0 Å². The second kappa shape index (κ2) is 10.3. The molecule has 0 bridgehead atoms. The molecule has 1 amide bonds. The van der Waals surface area contributed by atoms with Gasteiger partial charge in [-0.15, -0.1) is 11.3 Å². The predicted molar refractivity (Wildman–Crippen MR) is 140 cm³/mol. The lowest BCUT2D eigenvalue weighted by Gasteiger charge is -2.16. The highest BCUT2D eigenvalue weighted by Gasteiger charge is 2.24. The third-order valence-electron chi connectivity index (χ3n) is 5.68. The van der Waals surface area contributed by atoms with Crippen molar-refractivity contribution < 1.29 is 19.8 Å². The van der Waals surface area contributed by atoms with Gasteiger partial charge in [0.25, 0.3) is 5.91 Å². The van der Waals surface area contributed by atoms with Crippen molar-refractivity contribution in [3.8, 4) is 28.3 Å². The quantitative estimate of drug-likeness (QED) is 0.317. The maximum Gasteiger partial charge on any atom is 0.326 e. The van der Waals surface area contributed by atoms with Gasteiger partial charge in [-0.2, -0.15) is 0 Å². The Labute approximate surface area is 213 Å². The zero-order chi connectivity index (χ0) is 25.9. The summed E-state index contributed by atoms with van der Waals surface area (Å²) in [5, 5.41) is 21.8. The SMILES string of the molecule is CC(C)(C)c1ccc(C(=O)N[C@@H](Cc2ccc(-c3ncc(-c4ccc(O)cc4)cn3)cc2)C(=O)O)s1. The van der Waals surface area contributed by atoms with Crippen molar-refractivity contribution in [3.63, 3.8) is 0 Å². The fourth-order valence-electron chi connectivity index (χ4n) is 3.60. The van der Waals surface area contributed by atoms with Crippen LogP contribution < -0.4 is 5.32 Å². The Morgan fingerprint density at radius 3 is 2.06 bits per heavy atom. The number of carboxylic acid groups (broad SMARTS) is 1. The minimum atomic E-state index is -1.09. The van der Waals surface area contributed by atoms with Crippen molar-refractivity contribution in [2.45, 2.75) is 38.6 Å². The summed E-state index contributed by atoms with van der Waals surface area (Å²) in [5.41, 5.74) is 3.21. The van der Waals surface area contributed by atoms with E-state index in [1.54, 1.807) is 42.7 Å². The second-order valence-electron chi connectivity index (χ2n) is 9.52. The van der Waals surface area contributed by atoms with Crippen LogP contribution in [-0.4, -0.2) is 38.1 Å². The van der Waals surface area contributed by atoms with Crippen LogP contribution >= 0.6 is 11.3 Å². The Kier molecular flexibility index (Phi) is 7.17. The predicted octanol–water partition coefficient (Wildman–Crippen LogP) is 5.30. The van der Waals surface area contributed by atoms with E-state index in [2.05, 4.69) is 36.1 Å². The van der Waals surface area contributed by atoms with Crippen LogP contribution in [0.1, 0.15) is 40.9 Å². The third-order valence-corrected chi connectivity index (χ3v) is 7.19. The van der Waals surface area contributed by atoms with E-state index < -0.39 is 12.0 Å². The van der Waals surface area contributed by atoms with Crippen molar-refractivity contribution >= 4 is 23.2 Å². The molecule has 2 aromatic carbocycles. The van der Waals surface area contributed by atoms with Crippen LogP contribution in [0.5, 0.6) is 5.75 Å². The number of aromatic nitrogens is 2. The zero-order valence-corrected chi connectivity index (χ0v) is 21.0. The number of aromatic hydroxyl groups is 1. The molecule has 0 aliphatic heterocycles. The van der Waals surface area contributed by atoms with Crippen molar-refractivity contribution in [1.82, 2.24) is 15.3 Å². The molecule has 1 atom stereocenters. The smallest absolute Gasteiger partial charge is 0.326 e. The Hall–Kier alpha value is -4.04. The molecule has 0 aliphatic carbocycles. The van der Waals surface area contributed by atoms with Crippen LogP contribution in [0.2, 0.25) is 0 Å². The zero-order valence-electron chi connectivity index (χ0n) is 20.2. The van der Waals surface area contributed by atoms with Gasteiger partial charge in [0.15, 0.2) is 5.82 Å². The summed E-state index contributed by atoms with van der Waals surface area (Å²) in [5.74, 6) is -0.739. The van der Waals surface area contributed by atoms with Gasteiger partial charge in [-0.3, -0.25) is 4.79 Å². The van der Waals surface area contributed by atoms with Gasteiger partial charge in [0.05, 0.1) is 4.88 Å². The maximum atomic E-state index is 12.7. The van der Waals surface area contributed by atoms with Gasteiger partial charge >= 0.3 is 5.97 Å². The van der Waals surface area contributed by atoms with Crippen molar-refractivity contribution in [3.05, 3.63) is 88.4 Å². The number of hydrogen-bond donors (Lipinski definition) is 3. The van der Waals surface area contributed by atoms with Gasteiger partial charge < -0.3 is 15.5 Å². The number of phenols is 1. The summed E-state index contributed by atoms with van der Waals surface area (Å²) in [6.45, 7) is 6.21. The van der Waals surface area contributed by atoms with Crippen molar-refractivity contribution in [1.29, 1.82) is 0 Å². The molecular formula is C28H27N3O4S. The number of rotatable bonds is 7. The Morgan fingerprint density at radius 2 is 1.50 bits per heavy atom. The Morgan fingerprint density at radius 1 is 0.889 bits per heavy atom. The molecule has 36 heavy (non-hydrogen) atoms. The Bertz CT molecular complexity index is 1360. The fourth-order valence-corrected chi connectivity index (χ4v) is 4.57. The summed E-state index contributed by atoms with van der Waals surface area (Å²) in [7, 11) is 0. The lowest BCUT2D eigenvalue weighted by Crippen LogP contribution is -2.42. The normalized spacial score (nSPS) is 12.2. The van der Waals surface area contributed by atoms with E-state index in [-0.39, 0.29) is 23.5 Å². The van der Waals surface area contributed by atoms with E-state index in [1.165, 1.54) is 11.3 Å². The molecule has 0 aliphatic rings. The van der Waals surface area contributed by atoms with E-state index in [1.807, 2.05) is 30.3 Å². The number of amides is 1. The average Bonchev–Trinajstić information content (AvgIpc) is 3.36. The largest absolute Gasteiger partial charge is 0.508 e. The lowest BCUT2D eigenvalue weighted by molar-refractivity contribution is -0.139. The van der Waals surface area contributed by atoms with Gasteiger partial charge in [0.1, 0.15) is 11.8 Å². The summed E-state index contributed by atoms with van der Waals surface area (Å²) in [6, 6.07) is 16.7. The summed E-state index contributed by atoms with van der Waals surface area (Å²) >= 11 is 1.38. The van der Waals surface area contributed by atoms with E-state index in [0.717, 1.165) is 27.1 Å². The van der Waals surface area contributed by atoms with E-state index in [4.69, 9.17) is 0 Å². The van der Waals surface area contributed by atoms with Gasteiger partial charge in [-0.25, -0.2) is 14.8 Å². The maximum absolute atomic E-state index is 12.7. The lowest BCUT2D eigenvalue weighted by atomic mass is 9.95. The summed E-state index contributed by atoms with van der Waals surface area (Å²) in [4.78, 5) is 35.0. The summed E-state index contributed by atoms with van der Waals surface area (Å²) < 4.78 is 0. The topological polar surface area (TPSA) is 112 Å². The van der Waals surface area contributed by atoms with Gasteiger partial charge in [0.2, 0.25) is 0 Å². The van der Waals surface area contributed by atoms with E-state index >= 15 is 0 Å². The average molecular weight is 502 g/mol. The van der Waals surface area contributed by atoms with Gasteiger partial charge in [-0.1, -0.05) is 57.2 Å². The first-order valence-electron chi connectivity index (χ1n) is 11.4. The highest BCUT2D eigenvalue weighted by molar-refractivity contribution is 7.14. The van der Waals surface area contributed by atoms with Gasteiger partial charge in [-0.05, 0) is 40.8 Å². The number of thiophene rings is 1. The minimum absolute atomic E-state index is 0.0767. The fraction of sp³-hybridized carbons (Fsp3) is 0.214. The van der Waals surface area contributed by atoms with Crippen LogP contribution in [0.3, 0.4) is 0 Å². The number of benzene rings is 2. The molecule has 7 nitrogen and oxygen atoms in total. The molecule has 0 saturated heterocycles. The number of carbonyl (C=O) groups excluding carboxylic acids is 1. The molecule has 0 radical (unpaired) electrons. The monoisotopic (exact) mass is 501 g/mol.